The molecule has 1 aliphatic rings. The third-order valence-electron chi connectivity index (χ3n) is 3.64. The Hall–Kier alpha value is -3.10. The number of amides is 1. The van der Waals surface area contributed by atoms with Crippen LogP contribution < -0.4 is 11.1 Å². The van der Waals surface area contributed by atoms with Gasteiger partial charge >= 0.3 is 6.16 Å². The van der Waals surface area contributed by atoms with Crippen LogP contribution in [0.15, 0.2) is 41.5 Å². The lowest BCUT2D eigenvalue weighted by atomic mass is 10.1. The number of nitrogens with two attached hydrogens (primary N) is 1. The fourth-order valence-electron chi connectivity index (χ4n) is 2.32. The third kappa shape index (κ3) is 11.9. The van der Waals surface area contributed by atoms with E-state index in [2.05, 4.69) is 20.0 Å². The average Bonchev–Trinajstić information content (AvgIpc) is 2.75. The highest BCUT2D eigenvalue weighted by Gasteiger charge is 2.22. The molecule has 0 fully saturated rings. The van der Waals surface area contributed by atoms with Crippen molar-refractivity contribution in [1.82, 2.24) is 4.98 Å². The number of aliphatic hydroxyl groups is 3. The smallest absolute Gasteiger partial charge is 0.386 e. The third-order valence-corrected chi connectivity index (χ3v) is 3.64. The molecule has 1 aliphatic heterocycles. The van der Waals surface area contributed by atoms with Crippen molar-refractivity contribution in [2.24, 2.45) is 10.7 Å². The summed E-state index contributed by atoms with van der Waals surface area (Å²) < 4.78 is 41.5. The van der Waals surface area contributed by atoms with Crippen molar-refractivity contribution in [1.29, 1.82) is 0 Å². The van der Waals surface area contributed by atoms with E-state index in [1.807, 2.05) is 0 Å². The van der Waals surface area contributed by atoms with E-state index < -0.39 is 31.4 Å². The number of benzene rings is 1. The van der Waals surface area contributed by atoms with Gasteiger partial charge in [0.05, 0.1) is 19.8 Å². The minimum absolute atomic E-state index is 0.0239. The molecule has 10 nitrogen and oxygen atoms in total. The number of nitrogens with zero attached hydrogens (tertiary/aromatic N) is 2. The van der Waals surface area contributed by atoms with Gasteiger partial charge in [-0.25, -0.2) is 13.2 Å². The van der Waals surface area contributed by atoms with Gasteiger partial charge in [0.1, 0.15) is 24.0 Å². The second-order valence-electron chi connectivity index (χ2n) is 6.37. The quantitative estimate of drug-likeness (QED) is 0.404. The van der Waals surface area contributed by atoms with Gasteiger partial charge in [-0.05, 0) is 42.8 Å². The lowest BCUT2D eigenvalue weighted by molar-refractivity contribution is -0.458. The molecular formula is C20H25F3N4O6. The van der Waals surface area contributed by atoms with Crippen LogP contribution in [0, 0.1) is 12.7 Å². The number of carbonyl (C=O) groups excluding carboxylic acids is 1. The zero-order chi connectivity index (χ0) is 24.9. The number of aromatic nitrogens is 1. The molecule has 1 aromatic heterocycles. The van der Waals surface area contributed by atoms with E-state index in [-0.39, 0.29) is 11.3 Å². The summed E-state index contributed by atoms with van der Waals surface area (Å²) in [4.78, 5) is 20.1. The predicted octanol–water partition coefficient (Wildman–Crippen LogP) is 1.14. The first-order chi connectivity index (χ1) is 15.6. The largest absolute Gasteiger partial charge is 0.405 e. The number of rotatable bonds is 5. The van der Waals surface area contributed by atoms with Crippen molar-refractivity contribution >= 4 is 17.4 Å². The number of halogens is 3. The summed E-state index contributed by atoms with van der Waals surface area (Å²) in [5.41, 5.74) is 6.55. The van der Waals surface area contributed by atoms with Crippen molar-refractivity contribution in [3.05, 3.63) is 59.2 Å². The van der Waals surface area contributed by atoms with Crippen LogP contribution in [0.25, 0.3) is 0 Å². The number of ether oxygens (including phenoxy) is 2. The van der Waals surface area contributed by atoms with Crippen molar-refractivity contribution in [2.45, 2.75) is 19.7 Å². The molecule has 0 radical (unpaired) electrons. The Kier molecular flexibility index (Phi) is 12.0. The van der Waals surface area contributed by atoms with Crippen LogP contribution in [0.1, 0.15) is 21.6 Å². The molecule has 182 valence electrons. The number of anilines is 1. The van der Waals surface area contributed by atoms with Crippen LogP contribution in [0.2, 0.25) is 0 Å². The molecule has 0 saturated heterocycles. The standard InChI is InChI=1S/C15H15FN2O5.C4H8N2O.CH2F2/c1-9-6-10(8-23-15(20,21)22)13(17-7-9)14(19)18-12-4-2-11(16)3-5-12;5-4-3-7-2-1-6-4;2-1-3/h2-7,20-22H,8H2,1H3,(H,18,19);1-3H2,(H2,5,6);1H2. The lowest BCUT2D eigenvalue weighted by Crippen LogP contribution is -2.31. The zero-order valence-corrected chi connectivity index (χ0v) is 17.7. The topological polar surface area (TPSA) is 160 Å². The number of alkyl halides is 2. The highest BCUT2D eigenvalue weighted by atomic mass is 19.3. The van der Waals surface area contributed by atoms with E-state index in [4.69, 9.17) is 25.8 Å². The molecule has 2 heterocycles. The Morgan fingerprint density at radius 2 is 1.91 bits per heavy atom. The van der Waals surface area contributed by atoms with E-state index in [0.717, 1.165) is 13.2 Å². The van der Waals surface area contributed by atoms with Gasteiger partial charge in [-0.2, -0.15) is 0 Å². The maximum Gasteiger partial charge on any atom is 0.405 e. The summed E-state index contributed by atoms with van der Waals surface area (Å²) >= 11 is 0. The Balaban J connectivity index is 0.000000451. The van der Waals surface area contributed by atoms with Gasteiger partial charge < -0.3 is 31.1 Å². The molecule has 2 aromatic rings. The number of aryl methyl sites for hydroxylation is 1. The highest BCUT2D eigenvalue weighted by Crippen LogP contribution is 2.15. The van der Waals surface area contributed by atoms with E-state index in [1.54, 1.807) is 13.0 Å². The summed E-state index contributed by atoms with van der Waals surface area (Å²) in [7, 11) is 0. The Morgan fingerprint density at radius 3 is 2.39 bits per heavy atom. The Labute approximate surface area is 187 Å². The fraction of sp³-hybridized carbons (Fsp3) is 0.350. The monoisotopic (exact) mass is 474 g/mol. The van der Waals surface area contributed by atoms with Crippen LogP contribution in [-0.4, -0.2) is 64.9 Å². The average molecular weight is 474 g/mol. The predicted molar refractivity (Wildman–Crippen MR) is 112 cm³/mol. The van der Waals surface area contributed by atoms with Gasteiger partial charge in [0.2, 0.25) is 6.93 Å². The van der Waals surface area contributed by atoms with E-state index in [1.165, 1.54) is 30.5 Å². The maximum atomic E-state index is 12.9. The second-order valence-corrected chi connectivity index (χ2v) is 6.37. The zero-order valence-electron chi connectivity index (χ0n) is 17.7. The highest BCUT2D eigenvalue weighted by molar-refractivity contribution is 6.03. The van der Waals surface area contributed by atoms with E-state index >= 15 is 0 Å². The first kappa shape index (κ1) is 27.9. The Morgan fingerprint density at radius 1 is 1.27 bits per heavy atom. The van der Waals surface area contributed by atoms with E-state index in [0.29, 0.717) is 23.7 Å². The molecule has 3 rings (SSSR count). The maximum absolute atomic E-state index is 12.9. The molecule has 0 bridgehead atoms. The SMILES string of the molecule is Cc1cnc(C(=O)Nc2ccc(F)cc2)c(COC(O)(O)O)c1.FCF.NC1=NCCOC1. The first-order valence-electron chi connectivity index (χ1n) is 9.37. The molecule has 1 aromatic carbocycles. The van der Waals surface area contributed by atoms with Crippen LogP contribution in [-0.2, 0) is 16.1 Å². The van der Waals surface area contributed by atoms with Gasteiger partial charge in [-0.3, -0.25) is 19.5 Å². The van der Waals surface area contributed by atoms with E-state index in [9.17, 15) is 18.0 Å². The van der Waals surface area contributed by atoms with Crippen LogP contribution in [0.3, 0.4) is 0 Å². The molecular weight excluding hydrogens is 449 g/mol. The molecule has 33 heavy (non-hydrogen) atoms. The normalized spacial score (nSPS) is 13.0. The number of hydrogen-bond donors (Lipinski definition) is 5. The molecule has 0 spiro atoms. The summed E-state index contributed by atoms with van der Waals surface area (Å²) in [6.45, 7) is 1.49. The minimum atomic E-state index is -3.31. The van der Waals surface area contributed by atoms with Crippen molar-refractivity contribution < 1.29 is 42.8 Å². The number of carbonyl (C=O) groups is 1. The first-order valence-corrected chi connectivity index (χ1v) is 9.37. The van der Waals surface area contributed by atoms with Gasteiger partial charge in [-0.1, -0.05) is 0 Å². The lowest BCUT2D eigenvalue weighted by Gasteiger charge is -2.16. The van der Waals surface area contributed by atoms with Gasteiger partial charge in [-0.15, -0.1) is 0 Å². The van der Waals surface area contributed by atoms with Gasteiger partial charge in [0.15, 0.2) is 0 Å². The molecule has 6 N–H and O–H groups in total. The molecule has 0 atom stereocenters. The van der Waals surface area contributed by atoms with Gasteiger partial charge in [0, 0.05) is 17.4 Å². The summed E-state index contributed by atoms with van der Waals surface area (Å²) in [6, 6.07) is 6.72. The molecule has 0 aliphatic carbocycles. The summed E-state index contributed by atoms with van der Waals surface area (Å²) in [5, 5.41) is 28.8. The van der Waals surface area contributed by atoms with Crippen LogP contribution in [0.5, 0.6) is 0 Å². The summed E-state index contributed by atoms with van der Waals surface area (Å²) in [6.07, 6.45) is -1.86. The molecule has 1 amide bonds. The van der Waals surface area contributed by atoms with Crippen LogP contribution in [0.4, 0.5) is 18.9 Å². The Bertz CT molecular complexity index is 908. The minimum Gasteiger partial charge on any atom is -0.386 e. The molecule has 0 unspecified atom stereocenters. The number of nitrogens with one attached hydrogen (secondary N) is 1. The van der Waals surface area contributed by atoms with Crippen molar-refractivity contribution in [3.63, 3.8) is 0 Å². The number of aliphatic imine (C=N–C) groups is 1. The number of amidine groups is 1. The fourth-order valence-corrected chi connectivity index (χ4v) is 2.32. The summed E-state index contributed by atoms with van der Waals surface area (Å²) in [5.74, 6) is -0.406. The van der Waals surface area contributed by atoms with Gasteiger partial charge in [0.25, 0.3) is 5.91 Å². The van der Waals surface area contributed by atoms with Crippen molar-refractivity contribution in [2.75, 3.05) is 32.0 Å². The molecule has 13 heteroatoms. The number of pyridine rings is 1. The molecule has 0 saturated carbocycles. The van der Waals surface area contributed by atoms with Crippen molar-refractivity contribution in [3.8, 4) is 0 Å². The number of hydrogen-bond acceptors (Lipinski definition) is 9. The second kappa shape index (κ2) is 14.1. The van der Waals surface area contributed by atoms with Crippen LogP contribution >= 0.6 is 0 Å².